The van der Waals surface area contributed by atoms with Gasteiger partial charge in [0, 0.05) is 51.8 Å². The maximum atomic E-state index is 12.7. The number of fused-ring (bicyclic) bond motifs is 1. The van der Waals surface area contributed by atoms with E-state index in [0.29, 0.717) is 5.56 Å². The van der Waals surface area contributed by atoms with Crippen LogP contribution in [-0.2, 0) is 23.8 Å². The van der Waals surface area contributed by atoms with Gasteiger partial charge >= 0.3 is 0 Å². The summed E-state index contributed by atoms with van der Waals surface area (Å²) in [5.41, 5.74) is 6.54. The Bertz CT molecular complexity index is 1750. The van der Waals surface area contributed by atoms with Gasteiger partial charge in [0.25, 0.3) is 0 Å². The topological polar surface area (TPSA) is 91.3 Å². The Balaban J connectivity index is 1.63. The van der Waals surface area contributed by atoms with Gasteiger partial charge in [-0.1, -0.05) is 36.4 Å². The first-order valence-electron chi connectivity index (χ1n) is 12.2. The van der Waals surface area contributed by atoms with Crippen LogP contribution in [0.15, 0.2) is 96.3 Å². The smallest absolute Gasteiger partial charge is 0.156 e. The number of hydrogen-bond acceptors (Lipinski definition) is 8. The lowest BCUT2D eigenvalue weighted by atomic mass is 9.92. The third-order valence-electron chi connectivity index (χ3n) is 6.80. The van der Waals surface area contributed by atoms with Gasteiger partial charge in [-0.05, 0) is 61.4 Å². The van der Waals surface area contributed by atoms with Crippen molar-refractivity contribution < 1.29 is 17.6 Å². The second-order valence-corrected chi connectivity index (χ2v) is 12.9. The van der Waals surface area contributed by atoms with Crippen molar-refractivity contribution in [2.45, 2.75) is 23.5 Å². The molecule has 0 radical (unpaired) electrons. The molecule has 0 spiro atoms. The van der Waals surface area contributed by atoms with Crippen molar-refractivity contribution in [3.8, 4) is 33.6 Å². The number of hydrogen-bond donors (Lipinski definition) is 0. The van der Waals surface area contributed by atoms with Crippen molar-refractivity contribution >= 4 is 32.8 Å². The van der Waals surface area contributed by atoms with Crippen molar-refractivity contribution in [3.05, 3.63) is 97.0 Å². The molecule has 0 fully saturated rings. The minimum Gasteiger partial charge on any atom is -0.256 e. The summed E-state index contributed by atoms with van der Waals surface area (Å²) in [5, 5.41) is 0.878. The second-order valence-electron chi connectivity index (χ2n) is 9.56. The summed E-state index contributed by atoms with van der Waals surface area (Å²) in [6, 6.07) is 23.5. The summed E-state index contributed by atoms with van der Waals surface area (Å²) in [6.07, 6.45) is 6.37. The minimum absolute atomic E-state index is 0.710. The number of pyridine rings is 1. The Kier molecular flexibility index (Phi) is 7.51. The lowest BCUT2D eigenvalue weighted by Crippen LogP contribution is -2.28. The first kappa shape index (κ1) is 27.0. The Morgan fingerprint density at radius 1 is 0.769 bits per heavy atom. The molecule has 0 aliphatic carbocycles. The molecule has 5 rings (SSSR count). The molecule has 7 nitrogen and oxygen atoms in total. The van der Waals surface area contributed by atoms with Crippen LogP contribution in [0.3, 0.4) is 0 Å². The monoisotopic (exact) mass is 557 g/mol. The standard InChI is InChI=1S/C30H27N3O4S2/c1-30(2,39(4,34)35)24-18-23-9-6-14-31-27(23)26(19-24)21-7-5-8-22(17-21)29-28(32-15-16-33-29)20-10-12-25(13-11-20)38-37-36-3/h5-19H,1-4H3. The van der Waals surface area contributed by atoms with Gasteiger partial charge in [0.1, 0.15) is 0 Å². The van der Waals surface area contributed by atoms with Crippen LogP contribution in [0.5, 0.6) is 0 Å². The van der Waals surface area contributed by atoms with E-state index in [4.69, 9.17) is 4.33 Å². The Labute approximate surface area is 232 Å². The summed E-state index contributed by atoms with van der Waals surface area (Å²) in [5.74, 6) is 0. The first-order valence-corrected chi connectivity index (χ1v) is 14.8. The molecule has 0 amide bonds. The number of nitrogens with zero attached hydrogens (tertiary/aromatic N) is 3. The number of aromatic nitrogens is 3. The van der Waals surface area contributed by atoms with Gasteiger partial charge < -0.3 is 0 Å². The molecule has 0 aliphatic heterocycles. The van der Waals surface area contributed by atoms with E-state index >= 15 is 0 Å². The van der Waals surface area contributed by atoms with Crippen molar-refractivity contribution in [2.24, 2.45) is 0 Å². The molecule has 0 atom stereocenters. The van der Waals surface area contributed by atoms with Crippen LogP contribution < -0.4 is 0 Å². The molecule has 0 bridgehead atoms. The molecule has 0 N–H and O–H groups in total. The van der Waals surface area contributed by atoms with E-state index in [1.54, 1.807) is 32.4 Å². The van der Waals surface area contributed by atoms with Gasteiger partial charge in [-0.25, -0.2) is 13.3 Å². The van der Waals surface area contributed by atoms with E-state index in [2.05, 4.69) is 19.8 Å². The number of sulfone groups is 1. The highest BCUT2D eigenvalue weighted by molar-refractivity contribution is 7.94. The summed E-state index contributed by atoms with van der Waals surface area (Å²) in [4.78, 5) is 19.5. The predicted octanol–water partition coefficient (Wildman–Crippen LogP) is 6.89. The van der Waals surface area contributed by atoms with Crippen LogP contribution in [0.2, 0.25) is 0 Å². The average molecular weight is 558 g/mol. The fraction of sp³-hybridized carbons (Fsp3) is 0.167. The Hall–Kier alpha value is -3.63. The summed E-state index contributed by atoms with van der Waals surface area (Å²) in [7, 11) is -1.91. The zero-order valence-corrected chi connectivity index (χ0v) is 23.6. The van der Waals surface area contributed by atoms with E-state index in [9.17, 15) is 8.42 Å². The molecule has 0 aliphatic rings. The van der Waals surface area contributed by atoms with E-state index in [1.807, 2.05) is 72.8 Å². The second kappa shape index (κ2) is 10.9. The molecule has 0 saturated heterocycles. The molecule has 198 valence electrons. The van der Waals surface area contributed by atoms with Gasteiger partial charge in [-0.3, -0.25) is 15.0 Å². The minimum atomic E-state index is -3.37. The van der Waals surface area contributed by atoms with E-state index in [0.717, 1.165) is 61.5 Å². The molecular weight excluding hydrogens is 530 g/mol. The van der Waals surface area contributed by atoms with Crippen molar-refractivity contribution in [2.75, 3.05) is 13.4 Å². The highest BCUT2D eigenvalue weighted by atomic mass is 32.2. The average Bonchev–Trinajstić information content (AvgIpc) is 2.95. The highest BCUT2D eigenvalue weighted by Gasteiger charge is 2.33. The molecule has 3 aromatic carbocycles. The van der Waals surface area contributed by atoms with Gasteiger partial charge in [0.15, 0.2) is 9.84 Å². The molecule has 5 aromatic rings. The Morgan fingerprint density at radius 3 is 2.15 bits per heavy atom. The Morgan fingerprint density at radius 2 is 1.46 bits per heavy atom. The van der Waals surface area contributed by atoms with Gasteiger partial charge in [0.2, 0.25) is 0 Å². The van der Waals surface area contributed by atoms with Crippen LogP contribution >= 0.6 is 12.0 Å². The third-order valence-corrected chi connectivity index (χ3v) is 9.56. The fourth-order valence-electron chi connectivity index (χ4n) is 4.31. The zero-order valence-electron chi connectivity index (χ0n) is 22.0. The summed E-state index contributed by atoms with van der Waals surface area (Å²) >= 11 is 1.13. The van der Waals surface area contributed by atoms with Crippen molar-refractivity contribution in [1.29, 1.82) is 0 Å². The maximum absolute atomic E-state index is 12.7. The largest absolute Gasteiger partial charge is 0.256 e. The molecule has 0 unspecified atom stereocenters. The van der Waals surface area contributed by atoms with Gasteiger partial charge in [-0.15, -0.1) is 0 Å². The van der Waals surface area contributed by atoms with Crippen molar-refractivity contribution in [1.82, 2.24) is 15.0 Å². The van der Waals surface area contributed by atoms with Crippen LogP contribution in [0.4, 0.5) is 0 Å². The number of benzene rings is 3. The van der Waals surface area contributed by atoms with Gasteiger partial charge in [-0.2, -0.15) is 4.33 Å². The van der Waals surface area contributed by atoms with Crippen LogP contribution in [0.25, 0.3) is 44.5 Å². The lowest BCUT2D eigenvalue weighted by molar-refractivity contribution is -0.160. The van der Waals surface area contributed by atoms with Crippen LogP contribution in [0.1, 0.15) is 19.4 Å². The fourth-order valence-corrected chi connectivity index (χ4v) is 5.25. The van der Waals surface area contributed by atoms with E-state index in [-0.39, 0.29) is 0 Å². The third kappa shape index (κ3) is 5.44. The predicted molar refractivity (Wildman–Crippen MR) is 155 cm³/mol. The van der Waals surface area contributed by atoms with E-state index in [1.165, 1.54) is 13.4 Å². The molecular formula is C30H27N3O4S2. The first-order chi connectivity index (χ1) is 18.7. The molecule has 2 aromatic heterocycles. The quantitative estimate of drug-likeness (QED) is 0.116. The van der Waals surface area contributed by atoms with E-state index < -0.39 is 14.6 Å². The van der Waals surface area contributed by atoms with Crippen LogP contribution in [0, 0.1) is 0 Å². The SMILES string of the molecule is COOSc1ccc(-c2nccnc2-c2cccc(-c3cc(C(C)(C)S(C)(=O)=O)cc4cccnc34)c2)cc1. The molecule has 39 heavy (non-hydrogen) atoms. The molecule has 2 heterocycles. The molecule has 0 saturated carbocycles. The van der Waals surface area contributed by atoms with Gasteiger partial charge in [0.05, 0.1) is 40.8 Å². The zero-order chi connectivity index (χ0) is 27.6. The summed E-state index contributed by atoms with van der Waals surface area (Å²) < 4.78 is 29.2. The maximum Gasteiger partial charge on any atom is 0.156 e. The lowest BCUT2D eigenvalue weighted by Gasteiger charge is -2.24. The number of rotatable bonds is 8. The highest BCUT2D eigenvalue weighted by Crippen LogP contribution is 2.38. The molecule has 9 heteroatoms. The van der Waals surface area contributed by atoms with Crippen molar-refractivity contribution in [3.63, 3.8) is 0 Å². The summed E-state index contributed by atoms with van der Waals surface area (Å²) in [6.45, 7) is 3.47. The normalized spacial score (nSPS) is 12.1. The van der Waals surface area contributed by atoms with Crippen LogP contribution in [-0.4, -0.2) is 36.7 Å².